The van der Waals surface area contributed by atoms with Crippen LogP contribution in [0.5, 0.6) is 0 Å². The number of hydrogen-bond donors (Lipinski definition) is 2. The van der Waals surface area contributed by atoms with Crippen molar-refractivity contribution in [2.75, 3.05) is 18.5 Å². The highest BCUT2D eigenvalue weighted by molar-refractivity contribution is 5.94. The number of anilines is 1. The van der Waals surface area contributed by atoms with Gasteiger partial charge in [-0.15, -0.1) is 0 Å². The molecule has 2 unspecified atom stereocenters. The highest BCUT2D eigenvalue weighted by Gasteiger charge is 2.29. The fourth-order valence-corrected chi connectivity index (χ4v) is 3.51. The zero-order valence-corrected chi connectivity index (χ0v) is 14.8. The van der Waals surface area contributed by atoms with Crippen LogP contribution in [0.2, 0.25) is 0 Å². The highest BCUT2D eigenvalue weighted by atomic mass is 16.3. The monoisotopic (exact) mass is 318 g/mol. The average molecular weight is 318 g/mol. The molecule has 0 spiro atoms. The molecule has 1 fully saturated rings. The molecule has 1 saturated heterocycles. The van der Waals surface area contributed by atoms with Gasteiger partial charge in [0.05, 0.1) is 13.2 Å². The van der Waals surface area contributed by atoms with Crippen molar-refractivity contribution in [3.05, 3.63) is 29.3 Å². The van der Waals surface area contributed by atoms with Crippen molar-refractivity contribution in [3.8, 4) is 0 Å². The Morgan fingerprint density at radius 2 is 2.13 bits per heavy atom. The smallest absolute Gasteiger partial charge is 0.238 e. The van der Waals surface area contributed by atoms with E-state index in [2.05, 4.69) is 37.1 Å². The Hall–Kier alpha value is -1.39. The third-order valence-electron chi connectivity index (χ3n) is 4.92. The summed E-state index contributed by atoms with van der Waals surface area (Å²) < 4.78 is 0. The molecular weight excluding hydrogens is 288 g/mol. The number of aryl methyl sites for hydroxylation is 1. The van der Waals surface area contributed by atoms with E-state index in [0.717, 1.165) is 30.5 Å². The Labute approximate surface area is 139 Å². The molecule has 2 N–H and O–H groups in total. The summed E-state index contributed by atoms with van der Waals surface area (Å²) in [7, 11) is 0. The molecule has 0 aromatic heterocycles. The number of aliphatic hydroxyl groups is 1. The van der Waals surface area contributed by atoms with Gasteiger partial charge < -0.3 is 10.4 Å². The van der Waals surface area contributed by atoms with Crippen LogP contribution in [-0.2, 0) is 4.79 Å². The van der Waals surface area contributed by atoms with E-state index >= 15 is 0 Å². The molecule has 0 radical (unpaired) electrons. The number of hydrogen-bond acceptors (Lipinski definition) is 3. The maximum absolute atomic E-state index is 12.6. The van der Waals surface area contributed by atoms with Gasteiger partial charge in [-0.3, -0.25) is 9.69 Å². The summed E-state index contributed by atoms with van der Waals surface area (Å²) in [6.07, 6.45) is 3.18. The van der Waals surface area contributed by atoms with Crippen LogP contribution >= 0.6 is 0 Å². The van der Waals surface area contributed by atoms with E-state index < -0.39 is 0 Å². The fraction of sp³-hybridized carbons (Fsp3) is 0.632. The number of carbonyl (C=O) groups is 1. The number of aliphatic hydroxyl groups excluding tert-OH is 1. The van der Waals surface area contributed by atoms with Gasteiger partial charge in [0, 0.05) is 17.8 Å². The van der Waals surface area contributed by atoms with E-state index in [-0.39, 0.29) is 18.6 Å². The summed E-state index contributed by atoms with van der Waals surface area (Å²) in [6.45, 7) is 8.92. The van der Waals surface area contributed by atoms with Crippen molar-refractivity contribution < 1.29 is 9.90 Å². The summed E-state index contributed by atoms with van der Waals surface area (Å²) in [5.74, 6) is 0.373. The lowest BCUT2D eigenvalue weighted by atomic mass is 9.96. The van der Waals surface area contributed by atoms with Gasteiger partial charge in [-0.1, -0.05) is 38.5 Å². The minimum Gasteiger partial charge on any atom is -0.395 e. The van der Waals surface area contributed by atoms with E-state index in [0.29, 0.717) is 18.5 Å². The third-order valence-corrected chi connectivity index (χ3v) is 4.92. The van der Waals surface area contributed by atoms with Gasteiger partial charge in [0.15, 0.2) is 0 Å². The topological polar surface area (TPSA) is 52.6 Å². The number of likely N-dealkylation sites (tertiary alicyclic amines) is 1. The minimum absolute atomic E-state index is 0.00778. The number of carbonyl (C=O) groups excluding carboxylic acids is 1. The maximum atomic E-state index is 12.6. The normalized spacial score (nSPS) is 22.3. The van der Waals surface area contributed by atoms with Gasteiger partial charge in [0.25, 0.3) is 0 Å². The molecule has 0 bridgehead atoms. The lowest BCUT2D eigenvalue weighted by Gasteiger charge is -2.39. The summed E-state index contributed by atoms with van der Waals surface area (Å²) in [4.78, 5) is 14.7. The van der Waals surface area contributed by atoms with Gasteiger partial charge in [0.2, 0.25) is 5.91 Å². The van der Waals surface area contributed by atoms with Gasteiger partial charge in [-0.25, -0.2) is 0 Å². The molecule has 0 aliphatic carbocycles. The summed E-state index contributed by atoms with van der Waals surface area (Å²) in [6, 6.07) is 6.59. The van der Waals surface area contributed by atoms with E-state index in [9.17, 15) is 9.90 Å². The highest BCUT2D eigenvalue weighted by Crippen LogP contribution is 2.28. The number of benzene rings is 1. The Bertz CT molecular complexity index is 542. The van der Waals surface area contributed by atoms with Crippen molar-refractivity contribution in [2.45, 2.75) is 65.0 Å². The Morgan fingerprint density at radius 3 is 2.78 bits per heavy atom. The Kier molecular flexibility index (Phi) is 6.19. The number of piperidine rings is 1. The summed E-state index contributed by atoms with van der Waals surface area (Å²) in [5.41, 5.74) is 3.21. The third kappa shape index (κ3) is 4.33. The molecule has 1 aromatic rings. The number of para-hydroxylation sites is 1. The van der Waals surface area contributed by atoms with Crippen LogP contribution in [0.25, 0.3) is 0 Å². The number of nitrogens with one attached hydrogen (secondary N) is 1. The predicted molar refractivity (Wildman–Crippen MR) is 94.8 cm³/mol. The van der Waals surface area contributed by atoms with Gasteiger partial charge in [-0.2, -0.15) is 0 Å². The molecular formula is C19H30N2O2. The first-order chi connectivity index (χ1) is 10.9. The molecule has 2 rings (SSSR count). The Balaban J connectivity index is 2.10. The van der Waals surface area contributed by atoms with Gasteiger partial charge >= 0.3 is 0 Å². The van der Waals surface area contributed by atoms with Crippen molar-refractivity contribution in [2.24, 2.45) is 0 Å². The van der Waals surface area contributed by atoms with Crippen molar-refractivity contribution >= 4 is 11.6 Å². The van der Waals surface area contributed by atoms with E-state index in [1.807, 2.05) is 19.1 Å². The van der Waals surface area contributed by atoms with Crippen LogP contribution in [0, 0.1) is 6.92 Å². The maximum Gasteiger partial charge on any atom is 0.238 e. The fourth-order valence-electron chi connectivity index (χ4n) is 3.51. The first kappa shape index (κ1) is 18.0. The number of rotatable bonds is 5. The lowest BCUT2D eigenvalue weighted by molar-refractivity contribution is -0.119. The standard InChI is InChI=1S/C19H30N2O2/c1-13(2)17-10-5-7-14(3)19(17)20-18(23)11-21-15(4)8-6-9-16(21)12-22/h5,7,10,13,15-16,22H,6,8-9,11-12H2,1-4H3,(H,20,23). The molecule has 1 aliphatic heterocycles. The van der Waals surface area contributed by atoms with Crippen LogP contribution < -0.4 is 5.32 Å². The van der Waals surface area contributed by atoms with Gasteiger partial charge in [-0.05, 0) is 43.7 Å². The van der Waals surface area contributed by atoms with Crippen LogP contribution in [-0.4, -0.2) is 41.1 Å². The van der Waals surface area contributed by atoms with Crippen LogP contribution in [0.3, 0.4) is 0 Å². The molecule has 2 atom stereocenters. The minimum atomic E-state index is 0.00778. The predicted octanol–water partition coefficient (Wildman–Crippen LogP) is 3.29. The molecule has 1 heterocycles. The van der Waals surface area contributed by atoms with Crippen molar-refractivity contribution in [1.29, 1.82) is 0 Å². The number of amides is 1. The molecule has 1 aliphatic rings. The van der Waals surface area contributed by atoms with Crippen LogP contribution in [0.4, 0.5) is 5.69 Å². The molecule has 128 valence electrons. The lowest BCUT2D eigenvalue weighted by Crippen LogP contribution is -2.50. The first-order valence-electron chi connectivity index (χ1n) is 8.70. The molecule has 4 nitrogen and oxygen atoms in total. The average Bonchev–Trinajstić information content (AvgIpc) is 2.51. The van der Waals surface area contributed by atoms with Crippen molar-refractivity contribution in [1.82, 2.24) is 4.90 Å². The SMILES string of the molecule is Cc1cccc(C(C)C)c1NC(=O)CN1C(C)CCCC1CO. The van der Waals surface area contributed by atoms with E-state index in [4.69, 9.17) is 0 Å². The zero-order chi connectivity index (χ0) is 17.0. The largest absolute Gasteiger partial charge is 0.395 e. The Morgan fingerprint density at radius 1 is 1.39 bits per heavy atom. The number of nitrogens with zero attached hydrogens (tertiary/aromatic N) is 1. The molecule has 1 aromatic carbocycles. The second-order valence-corrected chi connectivity index (χ2v) is 7.03. The van der Waals surface area contributed by atoms with Crippen molar-refractivity contribution in [3.63, 3.8) is 0 Å². The second kappa shape index (κ2) is 7.93. The van der Waals surface area contributed by atoms with E-state index in [1.54, 1.807) is 0 Å². The van der Waals surface area contributed by atoms with E-state index in [1.165, 1.54) is 5.56 Å². The summed E-state index contributed by atoms with van der Waals surface area (Å²) >= 11 is 0. The zero-order valence-electron chi connectivity index (χ0n) is 14.8. The molecule has 0 saturated carbocycles. The van der Waals surface area contributed by atoms with Gasteiger partial charge in [0.1, 0.15) is 0 Å². The molecule has 1 amide bonds. The molecule has 23 heavy (non-hydrogen) atoms. The van der Waals surface area contributed by atoms with Crippen LogP contribution in [0.1, 0.15) is 57.1 Å². The quantitative estimate of drug-likeness (QED) is 0.876. The first-order valence-corrected chi connectivity index (χ1v) is 8.70. The summed E-state index contributed by atoms with van der Waals surface area (Å²) in [5, 5.41) is 12.7. The van der Waals surface area contributed by atoms with Crippen LogP contribution in [0.15, 0.2) is 18.2 Å². The second-order valence-electron chi connectivity index (χ2n) is 7.03. The molecule has 4 heteroatoms.